The molecule has 8 nitrogen and oxygen atoms in total. The largest absolute Gasteiger partial charge is 0.468 e. The zero-order valence-corrected chi connectivity index (χ0v) is 18.6. The van der Waals surface area contributed by atoms with Gasteiger partial charge in [-0.2, -0.15) is 13.2 Å². The van der Waals surface area contributed by atoms with Gasteiger partial charge < -0.3 is 14.5 Å². The Labute approximate surface area is 196 Å². The molecule has 1 heterocycles. The third kappa shape index (κ3) is 6.59. The average Bonchev–Trinajstić information content (AvgIpc) is 3.31. The van der Waals surface area contributed by atoms with Crippen LogP contribution in [0.3, 0.4) is 0 Å². The first-order valence-electron chi connectivity index (χ1n) is 9.41. The maximum absolute atomic E-state index is 12.8. The molecule has 0 atom stereocenters. The molecule has 0 aliphatic rings. The number of amides is 1. The van der Waals surface area contributed by atoms with Gasteiger partial charge in [-0.25, -0.2) is 17.9 Å². The van der Waals surface area contributed by atoms with Crippen molar-refractivity contribution in [3.8, 4) is 0 Å². The average molecular weight is 517 g/mol. The molecule has 1 aromatic heterocycles. The molecule has 3 rings (SSSR count). The fourth-order valence-corrected chi connectivity index (χ4v) is 3.79. The summed E-state index contributed by atoms with van der Waals surface area (Å²) < 4.78 is 75.3. The third-order valence-corrected chi connectivity index (χ3v) is 6.07. The first-order chi connectivity index (χ1) is 16.0. The van der Waals surface area contributed by atoms with Crippen LogP contribution in [0.5, 0.6) is 0 Å². The SMILES string of the molecule is O=C(COC(=O)c1ccc(S(=O)(=O)NCc2ccco2)cc1)Nc1cc(C(F)(F)F)ccc1Cl. The van der Waals surface area contributed by atoms with Crippen LogP contribution in [0.15, 0.2) is 70.2 Å². The molecule has 1 amide bonds. The van der Waals surface area contributed by atoms with Crippen molar-refractivity contribution in [3.05, 3.63) is 82.8 Å². The molecule has 0 saturated heterocycles. The van der Waals surface area contributed by atoms with E-state index in [0.29, 0.717) is 11.8 Å². The molecule has 34 heavy (non-hydrogen) atoms. The molecule has 2 aromatic carbocycles. The number of nitrogens with one attached hydrogen (secondary N) is 2. The zero-order valence-electron chi connectivity index (χ0n) is 17.1. The Morgan fingerprint density at radius 2 is 1.76 bits per heavy atom. The van der Waals surface area contributed by atoms with Crippen molar-refractivity contribution < 1.29 is 40.3 Å². The van der Waals surface area contributed by atoms with Crippen LogP contribution in [0.1, 0.15) is 21.7 Å². The predicted octanol–water partition coefficient (Wildman–Crippen LogP) is 4.23. The van der Waals surface area contributed by atoms with E-state index in [4.69, 9.17) is 20.8 Å². The van der Waals surface area contributed by atoms with Gasteiger partial charge in [0.05, 0.1) is 39.5 Å². The molecule has 180 valence electrons. The number of benzene rings is 2. The second-order valence-corrected chi connectivity index (χ2v) is 8.92. The lowest BCUT2D eigenvalue weighted by Gasteiger charge is -2.12. The minimum Gasteiger partial charge on any atom is -0.468 e. The molecule has 0 aliphatic heterocycles. The molecule has 0 spiro atoms. The second kappa shape index (κ2) is 10.3. The number of hydrogen-bond donors (Lipinski definition) is 2. The topological polar surface area (TPSA) is 115 Å². The fraction of sp³-hybridized carbons (Fsp3) is 0.143. The molecule has 3 aromatic rings. The number of anilines is 1. The number of halogens is 4. The third-order valence-electron chi connectivity index (χ3n) is 4.32. The smallest absolute Gasteiger partial charge is 0.416 e. The Morgan fingerprint density at radius 3 is 2.38 bits per heavy atom. The van der Waals surface area contributed by atoms with Crippen LogP contribution in [-0.4, -0.2) is 26.9 Å². The maximum Gasteiger partial charge on any atom is 0.416 e. The first-order valence-corrected chi connectivity index (χ1v) is 11.3. The molecule has 0 bridgehead atoms. The molecular weight excluding hydrogens is 501 g/mol. The van der Waals surface area contributed by atoms with E-state index in [-0.39, 0.29) is 27.7 Å². The van der Waals surface area contributed by atoms with E-state index < -0.39 is 40.2 Å². The van der Waals surface area contributed by atoms with Crippen molar-refractivity contribution in [1.82, 2.24) is 4.72 Å². The summed E-state index contributed by atoms with van der Waals surface area (Å²) in [6.07, 6.45) is -3.23. The van der Waals surface area contributed by atoms with Gasteiger partial charge in [0, 0.05) is 0 Å². The van der Waals surface area contributed by atoms with Crippen molar-refractivity contribution in [3.63, 3.8) is 0 Å². The highest BCUT2D eigenvalue weighted by molar-refractivity contribution is 7.89. The maximum atomic E-state index is 12.8. The summed E-state index contributed by atoms with van der Waals surface area (Å²) >= 11 is 5.80. The van der Waals surface area contributed by atoms with Crippen LogP contribution < -0.4 is 10.0 Å². The van der Waals surface area contributed by atoms with Crippen molar-refractivity contribution in [1.29, 1.82) is 0 Å². The van der Waals surface area contributed by atoms with E-state index in [1.165, 1.54) is 30.5 Å². The quantitative estimate of drug-likeness (QED) is 0.433. The van der Waals surface area contributed by atoms with E-state index in [2.05, 4.69) is 10.0 Å². The van der Waals surface area contributed by atoms with Gasteiger partial charge in [-0.05, 0) is 54.6 Å². The predicted molar refractivity (Wildman–Crippen MR) is 115 cm³/mol. The zero-order chi connectivity index (χ0) is 24.9. The van der Waals surface area contributed by atoms with Crippen molar-refractivity contribution in [2.75, 3.05) is 11.9 Å². The molecule has 0 fully saturated rings. The number of carbonyl (C=O) groups is 2. The summed E-state index contributed by atoms with van der Waals surface area (Å²) in [5.74, 6) is -1.46. The summed E-state index contributed by atoms with van der Waals surface area (Å²) in [6, 6.07) is 10.3. The van der Waals surface area contributed by atoms with Crippen LogP contribution in [0.2, 0.25) is 5.02 Å². The lowest BCUT2D eigenvalue weighted by molar-refractivity contribution is -0.137. The Bertz CT molecular complexity index is 1280. The minimum absolute atomic E-state index is 0.0464. The molecule has 0 saturated carbocycles. The Kier molecular flexibility index (Phi) is 7.64. The van der Waals surface area contributed by atoms with E-state index in [1.54, 1.807) is 12.1 Å². The van der Waals surface area contributed by atoms with Gasteiger partial charge in [-0.3, -0.25) is 4.79 Å². The number of sulfonamides is 1. The molecule has 0 unspecified atom stereocenters. The van der Waals surface area contributed by atoms with Crippen molar-refractivity contribution in [2.24, 2.45) is 0 Å². The van der Waals surface area contributed by atoms with E-state index in [9.17, 15) is 31.2 Å². The summed E-state index contributed by atoms with van der Waals surface area (Å²) in [7, 11) is -3.88. The monoisotopic (exact) mass is 516 g/mol. The molecule has 2 N–H and O–H groups in total. The van der Waals surface area contributed by atoms with Crippen LogP contribution in [-0.2, 0) is 32.3 Å². The van der Waals surface area contributed by atoms with Crippen LogP contribution >= 0.6 is 11.6 Å². The van der Waals surface area contributed by atoms with Gasteiger partial charge in [0.15, 0.2) is 6.61 Å². The Morgan fingerprint density at radius 1 is 1.06 bits per heavy atom. The molecular formula is C21H16ClF3N2O6S. The van der Waals surface area contributed by atoms with Crippen LogP contribution in [0, 0.1) is 0 Å². The number of hydrogen-bond acceptors (Lipinski definition) is 6. The van der Waals surface area contributed by atoms with Crippen LogP contribution in [0.4, 0.5) is 18.9 Å². The number of furan rings is 1. The van der Waals surface area contributed by atoms with E-state index in [0.717, 1.165) is 12.1 Å². The number of ether oxygens (including phenoxy) is 1. The molecule has 0 aliphatic carbocycles. The summed E-state index contributed by atoms with van der Waals surface area (Å²) in [4.78, 5) is 24.0. The standard InChI is InChI=1S/C21H16ClF3N2O6S/c22-17-8-5-14(21(23,24)25)10-18(17)27-19(28)12-33-20(29)13-3-6-16(7-4-13)34(30,31)26-11-15-2-1-9-32-15/h1-10,26H,11-12H2,(H,27,28). The highest BCUT2D eigenvalue weighted by atomic mass is 35.5. The highest BCUT2D eigenvalue weighted by Gasteiger charge is 2.31. The Hall–Kier alpha value is -3.35. The number of rotatable bonds is 8. The van der Waals surface area contributed by atoms with Crippen LogP contribution in [0.25, 0.3) is 0 Å². The summed E-state index contributed by atoms with van der Waals surface area (Å²) in [6.45, 7) is -0.875. The van der Waals surface area contributed by atoms with Gasteiger partial charge in [-0.15, -0.1) is 0 Å². The second-order valence-electron chi connectivity index (χ2n) is 6.74. The number of alkyl halides is 3. The summed E-state index contributed by atoms with van der Waals surface area (Å²) in [5, 5.41) is 2.01. The molecule has 0 radical (unpaired) electrons. The normalized spacial score (nSPS) is 11.8. The van der Waals surface area contributed by atoms with E-state index >= 15 is 0 Å². The number of carbonyl (C=O) groups excluding carboxylic acids is 2. The summed E-state index contributed by atoms with van der Waals surface area (Å²) in [5.41, 5.74) is -1.36. The van der Waals surface area contributed by atoms with Gasteiger partial charge in [0.1, 0.15) is 5.76 Å². The van der Waals surface area contributed by atoms with Crippen molar-refractivity contribution in [2.45, 2.75) is 17.6 Å². The number of esters is 1. The van der Waals surface area contributed by atoms with E-state index in [1.807, 2.05) is 0 Å². The van der Waals surface area contributed by atoms with Gasteiger partial charge >= 0.3 is 12.1 Å². The lowest BCUT2D eigenvalue weighted by atomic mass is 10.2. The first kappa shape index (κ1) is 25.3. The van der Waals surface area contributed by atoms with Gasteiger partial charge in [0.25, 0.3) is 5.91 Å². The minimum atomic E-state index is -4.63. The van der Waals surface area contributed by atoms with Crippen molar-refractivity contribution >= 4 is 39.2 Å². The molecule has 13 heteroatoms. The fourth-order valence-electron chi connectivity index (χ4n) is 2.63. The Balaban J connectivity index is 1.56. The lowest BCUT2D eigenvalue weighted by Crippen LogP contribution is -2.23. The van der Waals surface area contributed by atoms with Gasteiger partial charge in [0.2, 0.25) is 10.0 Å². The highest BCUT2D eigenvalue weighted by Crippen LogP contribution is 2.33. The van der Waals surface area contributed by atoms with Gasteiger partial charge in [-0.1, -0.05) is 11.6 Å².